The van der Waals surface area contributed by atoms with E-state index in [1.807, 2.05) is 11.3 Å². The third-order valence-electron chi connectivity index (χ3n) is 9.38. The van der Waals surface area contributed by atoms with Crippen LogP contribution in [0.25, 0.3) is 74.8 Å². The molecule has 0 aliphatic rings. The second kappa shape index (κ2) is 9.66. The number of benzene rings is 6. The Labute approximate surface area is 258 Å². The molecule has 8 rings (SSSR count). The van der Waals surface area contributed by atoms with Crippen LogP contribution in [-0.2, 0) is 4.65 Å². The molecule has 1 atom stereocenters. The van der Waals surface area contributed by atoms with Crippen LogP contribution in [0.4, 0.5) is 0 Å². The predicted molar refractivity (Wildman–Crippen MR) is 193 cm³/mol. The van der Waals surface area contributed by atoms with Crippen molar-refractivity contribution in [3.05, 3.63) is 103 Å². The molecule has 6 aromatic carbocycles. The second-order valence-electron chi connectivity index (χ2n) is 12.8. The van der Waals surface area contributed by atoms with Gasteiger partial charge in [-0.3, -0.25) is 0 Å². The first-order valence-corrected chi connectivity index (χ1v) is 16.2. The first-order valence-electron chi connectivity index (χ1n) is 14.8. The number of hydrogen-bond donors (Lipinski definition) is 0. The zero-order valence-corrected chi connectivity index (χ0v) is 26.8. The lowest BCUT2D eigenvalue weighted by Crippen LogP contribution is -2.45. The van der Waals surface area contributed by atoms with Gasteiger partial charge in [-0.1, -0.05) is 80.6 Å². The van der Waals surface area contributed by atoms with E-state index in [2.05, 4.69) is 140 Å². The maximum atomic E-state index is 6.59. The molecule has 0 amide bonds. The molecule has 0 N–H and O–H groups in total. The third kappa shape index (κ3) is 4.31. The Morgan fingerprint density at radius 1 is 0.674 bits per heavy atom. The Hall–Kier alpha value is -3.69. The van der Waals surface area contributed by atoms with Crippen LogP contribution >= 0.6 is 20.6 Å². The molecule has 5 heteroatoms. The lowest BCUT2D eigenvalue weighted by Gasteiger charge is -2.39. The van der Waals surface area contributed by atoms with Crippen molar-refractivity contribution in [3.63, 3.8) is 0 Å². The summed E-state index contributed by atoms with van der Waals surface area (Å²) in [6.07, 6.45) is 0. The molecule has 0 radical (unpaired) electrons. The zero-order valence-electron chi connectivity index (χ0n) is 24.8. The second-order valence-corrected chi connectivity index (χ2v) is 15.3. The van der Waals surface area contributed by atoms with Crippen LogP contribution in [0.5, 0.6) is 0 Å². The molecule has 0 spiro atoms. The van der Waals surface area contributed by atoms with Gasteiger partial charge < -0.3 is 9.07 Å². The minimum absolute atomic E-state index is 0.0699. The van der Waals surface area contributed by atoms with Crippen LogP contribution in [-0.4, -0.2) is 18.2 Å². The summed E-state index contributed by atoms with van der Waals surface area (Å²) in [6, 6.07) is 37.5. The molecular weight excluding hydrogens is 562 g/mol. The van der Waals surface area contributed by atoms with Gasteiger partial charge >= 0.3 is 7.48 Å². The highest BCUT2D eigenvalue weighted by atomic mass is 32.1. The molecule has 2 heterocycles. The molecule has 2 nitrogen and oxygen atoms in total. The molecule has 8 aromatic rings. The van der Waals surface area contributed by atoms with E-state index in [1.165, 1.54) is 47.5 Å². The first-order chi connectivity index (χ1) is 20.7. The van der Waals surface area contributed by atoms with Crippen LogP contribution < -0.4 is 5.46 Å². The van der Waals surface area contributed by atoms with Gasteiger partial charge in [-0.2, -0.15) is 0 Å². The largest absolute Gasteiger partial charge is 0.455 e. The lowest BCUT2D eigenvalue weighted by molar-refractivity contribution is 0.0841. The topological polar surface area (TPSA) is 22.4 Å². The fourth-order valence-corrected chi connectivity index (χ4v) is 7.35. The van der Waals surface area contributed by atoms with Crippen molar-refractivity contribution in [1.82, 2.24) is 0 Å². The summed E-state index contributed by atoms with van der Waals surface area (Å²) in [4.78, 5) is 0. The van der Waals surface area contributed by atoms with Gasteiger partial charge in [-0.05, 0) is 83.0 Å². The van der Waals surface area contributed by atoms with Crippen molar-refractivity contribution in [2.45, 2.75) is 38.5 Å². The quantitative estimate of drug-likeness (QED) is 0.146. The standard InChI is InChI=1S/C38H32BO2PS/c1-37(2,38(3,4)42)41-39-31-14-9-15-32-35(31)30-21-27(25-12-7-8-13-26(25)36(30)40-32)24-16-17-33-28(19-24)29-18-22-10-5-6-11-23(22)20-34(29)43-33/h5-21,39H,42H2,1-4H3. The molecule has 0 bridgehead atoms. The molecule has 0 saturated heterocycles. The summed E-state index contributed by atoms with van der Waals surface area (Å²) in [7, 11) is 3.45. The molecular formula is C38H32BO2PS. The third-order valence-corrected chi connectivity index (χ3v) is 11.2. The minimum atomic E-state index is -0.318. The van der Waals surface area contributed by atoms with Crippen LogP contribution in [0.3, 0.4) is 0 Å². The average molecular weight is 595 g/mol. The highest BCUT2D eigenvalue weighted by Crippen LogP contribution is 2.43. The molecule has 0 aliphatic heterocycles. The molecule has 2 aromatic heterocycles. The van der Waals surface area contributed by atoms with Crippen molar-refractivity contribution in [1.29, 1.82) is 0 Å². The smallest absolute Gasteiger partial charge is 0.310 e. The monoisotopic (exact) mass is 594 g/mol. The Balaban J connectivity index is 1.35. The Bertz CT molecular complexity index is 2370. The molecule has 43 heavy (non-hydrogen) atoms. The maximum Gasteiger partial charge on any atom is 0.310 e. The van der Waals surface area contributed by atoms with Gasteiger partial charge in [-0.15, -0.1) is 20.6 Å². The van der Waals surface area contributed by atoms with Crippen molar-refractivity contribution >= 4 is 97.2 Å². The van der Waals surface area contributed by atoms with Gasteiger partial charge in [-0.25, -0.2) is 0 Å². The number of rotatable bonds is 5. The van der Waals surface area contributed by atoms with E-state index in [9.17, 15) is 0 Å². The summed E-state index contributed by atoms with van der Waals surface area (Å²) in [5.74, 6) is 0. The van der Waals surface area contributed by atoms with Gasteiger partial charge in [0.15, 0.2) is 0 Å². The Kier molecular flexibility index (Phi) is 6.04. The van der Waals surface area contributed by atoms with E-state index in [4.69, 9.17) is 9.07 Å². The van der Waals surface area contributed by atoms with Gasteiger partial charge in [0.05, 0.1) is 5.60 Å². The number of fused-ring (bicyclic) bond motifs is 9. The van der Waals surface area contributed by atoms with Crippen molar-refractivity contribution < 1.29 is 9.07 Å². The zero-order chi connectivity index (χ0) is 29.5. The summed E-state index contributed by atoms with van der Waals surface area (Å²) in [5, 5.41) is 9.71. The van der Waals surface area contributed by atoms with E-state index >= 15 is 0 Å². The van der Waals surface area contributed by atoms with Crippen LogP contribution in [0.1, 0.15) is 27.7 Å². The van der Waals surface area contributed by atoms with Crippen molar-refractivity contribution in [2.24, 2.45) is 0 Å². The minimum Gasteiger partial charge on any atom is -0.455 e. The number of furan rings is 1. The van der Waals surface area contributed by atoms with E-state index < -0.39 is 0 Å². The highest BCUT2D eigenvalue weighted by Gasteiger charge is 2.34. The Morgan fingerprint density at radius 2 is 1.40 bits per heavy atom. The van der Waals surface area contributed by atoms with Gasteiger partial charge in [0.25, 0.3) is 0 Å². The summed E-state index contributed by atoms with van der Waals surface area (Å²) in [5.41, 5.74) is 5.09. The fourth-order valence-electron chi connectivity index (χ4n) is 6.15. The van der Waals surface area contributed by atoms with E-state index in [0.29, 0.717) is 7.48 Å². The van der Waals surface area contributed by atoms with Crippen LogP contribution in [0.15, 0.2) is 108 Å². The molecule has 0 saturated carbocycles. The van der Waals surface area contributed by atoms with Crippen molar-refractivity contribution in [3.8, 4) is 11.1 Å². The molecule has 0 aliphatic carbocycles. The van der Waals surface area contributed by atoms with Crippen LogP contribution in [0, 0.1) is 0 Å². The van der Waals surface area contributed by atoms with E-state index in [-0.39, 0.29) is 10.8 Å². The molecule has 0 fully saturated rings. The van der Waals surface area contributed by atoms with E-state index in [0.717, 1.165) is 32.8 Å². The normalized spacial score (nSPS) is 12.9. The Morgan fingerprint density at radius 3 is 2.19 bits per heavy atom. The average Bonchev–Trinajstić information content (AvgIpc) is 3.55. The molecule has 1 unspecified atom stereocenters. The molecule has 210 valence electrons. The first kappa shape index (κ1) is 26.9. The number of thiophene rings is 1. The summed E-state index contributed by atoms with van der Waals surface area (Å²) in [6.45, 7) is 8.71. The highest BCUT2D eigenvalue weighted by molar-refractivity contribution is 7.25. The predicted octanol–water partition coefficient (Wildman–Crippen LogP) is 10.4. The van der Waals surface area contributed by atoms with Gasteiger partial charge in [0, 0.05) is 41.5 Å². The van der Waals surface area contributed by atoms with Gasteiger partial charge in [0.2, 0.25) is 0 Å². The fraction of sp³-hybridized carbons (Fsp3) is 0.158. The SMILES string of the molecule is CC(C)(P)C(C)(C)OBc1cccc2oc3c4ccccc4c(-c4ccc5sc6cc7ccccc7cc6c5c4)cc3c12. The lowest BCUT2D eigenvalue weighted by atomic mass is 9.81. The number of hydrogen-bond acceptors (Lipinski definition) is 3. The van der Waals surface area contributed by atoms with Gasteiger partial charge in [0.1, 0.15) is 11.2 Å². The summed E-state index contributed by atoms with van der Waals surface area (Å²) < 4.78 is 15.8. The van der Waals surface area contributed by atoms with Crippen LogP contribution in [0.2, 0.25) is 0 Å². The maximum absolute atomic E-state index is 6.59. The summed E-state index contributed by atoms with van der Waals surface area (Å²) >= 11 is 1.87. The van der Waals surface area contributed by atoms with Crippen molar-refractivity contribution in [2.75, 3.05) is 0 Å². The van der Waals surface area contributed by atoms with E-state index in [1.54, 1.807) is 0 Å².